The highest BCUT2D eigenvalue weighted by Gasteiger charge is 2.22. The van der Waals surface area contributed by atoms with Crippen molar-refractivity contribution in [1.82, 2.24) is 0 Å². The number of aliphatic imine (C=N–C) groups is 1. The first kappa shape index (κ1) is 16.9. The number of alkyl halides is 1. The van der Waals surface area contributed by atoms with Gasteiger partial charge in [0.15, 0.2) is 0 Å². The van der Waals surface area contributed by atoms with Crippen molar-refractivity contribution < 1.29 is 0 Å². The first-order chi connectivity index (χ1) is 11.0. The van der Waals surface area contributed by atoms with Crippen LogP contribution < -0.4 is 4.90 Å². The van der Waals surface area contributed by atoms with Crippen LogP contribution in [0.5, 0.6) is 0 Å². The van der Waals surface area contributed by atoms with Gasteiger partial charge in [-0.05, 0) is 24.3 Å². The van der Waals surface area contributed by atoms with Gasteiger partial charge >= 0.3 is 0 Å². The fraction of sp³-hybridized carbons (Fsp3) is 0.235. The first-order valence-electron chi connectivity index (χ1n) is 7.11. The molecule has 1 heterocycles. The maximum Gasteiger partial charge on any atom is 0.0756 e. The molecular formula is C17H14Cl4N2. The quantitative estimate of drug-likeness (QED) is 0.586. The van der Waals surface area contributed by atoms with Crippen LogP contribution in [-0.2, 0) is 0 Å². The second kappa shape index (κ2) is 6.90. The van der Waals surface area contributed by atoms with Gasteiger partial charge in [-0.3, -0.25) is 4.99 Å². The third kappa shape index (κ3) is 3.46. The minimum Gasteiger partial charge on any atom is -0.372 e. The van der Waals surface area contributed by atoms with Crippen molar-refractivity contribution in [3.8, 4) is 0 Å². The highest BCUT2D eigenvalue weighted by molar-refractivity contribution is 6.44. The van der Waals surface area contributed by atoms with E-state index in [0.29, 0.717) is 28.2 Å². The molecule has 0 bridgehead atoms. The van der Waals surface area contributed by atoms with Crippen LogP contribution in [0.3, 0.4) is 0 Å². The second-order valence-corrected chi connectivity index (χ2v) is 7.27. The van der Waals surface area contributed by atoms with Crippen molar-refractivity contribution in [2.75, 3.05) is 25.0 Å². The van der Waals surface area contributed by atoms with E-state index in [4.69, 9.17) is 51.4 Å². The van der Waals surface area contributed by atoms with Crippen molar-refractivity contribution in [1.29, 1.82) is 0 Å². The standard InChI is InChI=1S/C17H14Cl4N2/c1-23-9-11(19)8-22-17(12-3-2-4-14(20)16(12)21)13-7-10(18)5-6-15(13)23/h2-7,11H,8-9H2,1H3/b22-17-. The van der Waals surface area contributed by atoms with E-state index in [1.165, 1.54) is 0 Å². The van der Waals surface area contributed by atoms with Gasteiger partial charge in [0.1, 0.15) is 0 Å². The number of rotatable bonds is 1. The maximum absolute atomic E-state index is 6.41. The SMILES string of the molecule is CN1CC(Cl)C/N=C(/c2cccc(Cl)c2Cl)c2cc(Cl)ccc21. The van der Waals surface area contributed by atoms with Crippen molar-refractivity contribution in [2.24, 2.45) is 4.99 Å². The van der Waals surface area contributed by atoms with Gasteiger partial charge in [-0.1, -0.05) is 46.9 Å². The summed E-state index contributed by atoms with van der Waals surface area (Å²) in [5, 5.41) is 1.53. The molecule has 1 atom stereocenters. The number of nitrogens with zero attached hydrogens (tertiary/aromatic N) is 2. The normalized spacial score (nSPS) is 20.3. The maximum atomic E-state index is 6.41. The highest BCUT2D eigenvalue weighted by atomic mass is 35.5. The van der Waals surface area contributed by atoms with Crippen molar-refractivity contribution >= 4 is 57.8 Å². The van der Waals surface area contributed by atoms with Crippen molar-refractivity contribution in [3.63, 3.8) is 0 Å². The molecule has 0 spiro atoms. The third-order valence-corrected chi connectivity index (χ3v) is 5.08. The Hall–Kier alpha value is -0.930. The zero-order valence-corrected chi connectivity index (χ0v) is 15.4. The van der Waals surface area contributed by atoms with Gasteiger partial charge in [-0.2, -0.15) is 0 Å². The van der Waals surface area contributed by atoms with Gasteiger partial charge in [0.05, 0.1) is 27.7 Å². The lowest BCUT2D eigenvalue weighted by Gasteiger charge is -2.28. The fourth-order valence-corrected chi connectivity index (χ4v) is 3.51. The van der Waals surface area contributed by atoms with Crippen LogP contribution in [0.4, 0.5) is 5.69 Å². The van der Waals surface area contributed by atoms with Crippen LogP contribution in [0.2, 0.25) is 15.1 Å². The summed E-state index contributed by atoms with van der Waals surface area (Å²) in [5.41, 5.74) is 3.47. The molecule has 0 N–H and O–H groups in total. The monoisotopic (exact) mass is 386 g/mol. The van der Waals surface area contributed by atoms with E-state index in [0.717, 1.165) is 22.5 Å². The summed E-state index contributed by atoms with van der Waals surface area (Å²) in [5.74, 6) is 0. The van der Waals surface area contributed by atoms with Crippen LogP contribution in [0.25, 0.3) is 0 Å². The number of halogens is 4. The molecule has 0 saturated carbocycles. The van der Waals surface area contributed by atoms with E-state index in [2.05, 4.69) is 4.90 Å². The summed E-state index contributed by atoms with van der Waals surface area (Å²) in [6.45, 7) is 1.20. The molecule has 3 rings (SSSR count). The average Bonchev–Trinajstić information content (AvgIpc) is 2.50. The van der Waals surface area contributed by atoms with Gasteiger partial charge in [0, 0.05) is 35.4 Å². The predicted molar refractivity (Wildman–Crippen MR) is 101 cm³/mol. The molecule has 0 radical (unpaired) electrons. The van der Waals surface area contributed by atoms with Gasteiger partial charge in [-0.25, -0.2) is 0 Å². The van der Waals surface area contributed by atoms with Gasteiger partial charge in [-0.15, -0.1) is 11.6 Å². The van der Waals surface area contributed by atoms with Crippen LogP contribution >= 0.6 is 46.4 Å². The van der Waals surface area contributed by atoms with E-state index in [1.807, 2.05) is 37.4 Å². The molecule has 0 fully saturated rings. The van der Waals surface area contributed by atoms with Gasteiger partial charge in [0.25, 0.3) is 0 Å². The Labute approximate surface area is 155 Å². The Balaban J connectivity index is 2.25. The molecule has 0 aliphatic carbocycles. The third-order valence-electron chi connectivity index (χ3n) is 3.75. The van der Waals surface area contributed by atoms with Gasteiger partial charge < -0.3 is 4.90 Å². The Bertz CT molecular complexity index is 773. The molecule has 6 heteroatoms. The van der Waals surface area contributed by atoms with Crippen LogP contribution in [0, 0.1) is 0 Å². The van der Waals surface area contributed by atoms with E-state index < -0.39 is 0 Å². The number of fused-ring (bicyclic) bond motifs is 1. The Morgan fingerprint density at radius 2 is 1.87 bits per heavy atom. The average molecular weight is 388 g/mol. The molecule has 1 unspecified atom stereocenters. The van der Waals surface area contributed by atoms with Crippen molar-refractivity contribution in [3.05, 3.63) is 62.6 Å². The molecule has 1 aliphatic rings. The van der Waals surface area contributed by atoms with Crippen molar-refractivity contribution in [2.45, 2.75) is 5.38 Å². The summed E-state index contributed by atoms with van der Waals surface area (Å²) in [6, 6.07) is 11.3. The molecule has 120 valence electrons. The smallest absolute Gasteiger partial charge is 0.0756 e. The summed E-state index contributed by atoms with van der Waals surface area (Å²) in [4.78, 5) is 6.82. The van der Waals surface area contributed by atoms with Crippen LogP contribution in [0.15, 0.2) is 41.4 Å². The van der Waals surface area contributed by atoms with E-state index in [1.54, 1.807) is 6.07 Å². The molecule has 1 aliphatic heterocycles. The zero-order chi connectivity index (χ0) is 16.6. The Morgan fingerprint density at radius 3 is 2.65 bits per heavy atom. The number of hydrogen-bond acceptors (Lipinski definition) is 2. The van der Waals surface area contributed by atoms with E-state index in [-0.39, 0.29) is 5.38 Å². The summed E-state index contributed by atoms with van der Waals surface area (Å²) >= 11 is 25.2. The fourth-order valence-electron chi connectivity index (χ4n) is 2.68. The molecule has 23 heavy (non-hydrogen) atoms. The largest absolute Gasteiger partial charge is 0.372 e. The lowest BCUT2D eigenvalue weighted by molar-refractivity contribution is 0.798. The molecule has 0 saturated heterocycles. The number of hydrogen-bond donors (Lipinski definition) is 0. The first-order valence-corrected chi connectivity index (χ1v) is 8.68. The summed E-state index contributed by atoms with van der Waals surface area (Å²) < 4.78 is 0. The lowest BCUT2D eigenvalue weighted by Crippen LogP contribution is -2.31. The molecule has 0 amide bonds. The molecular weight excluding hydrogens is 374 g/mol. The zero-order valence-electron chi connectivity index (χ0n) is 12.4. The Morgan fingerprint density at radius 1 is 1.09 bits per heavy atom. The highest BCUT2D eigenvalue weighted by Crippen LogP contribution is 2.33. The second-order valence-electron chi connectivity index (χ2n) is 5.43. The minimum atomic E-state index is -0.0863. The molecule has 2 aromatic carbocycles. The Kier molecular flexibility index (Phi) is 5.07. The lowest BCUT2D eigenvalue weighted by atomic mass is 9.99. The summed E-state index contributed by atoms with van der Waals surface area (Å²) in [6.07, 6.45) is 0. The van der Waals surface area contributed by atoms with Crippen LogP contribution in [-0.4, -0.2) is 31.2 Å². The summed E-state index contributed by atoms with van der Waals surface area (Å²) in [7, 11) is 2.00. The number of benzene rings is 2. The number of anilines is 1. The molecule has 0 aromatic heterocycles. The van der Waals surface area contributed by atoms with Gasteiger partial charge in [0.2, 0.25) is 0 Å². The molecule has 2 nitrogen and oxygen atoms in total. The van der Waals surface area contributed by atoms with E-state index in [9.17, 15) is 0 Å². The minimum absolute atomic E-state index is 0.0863. The molecule has 2 aromatic rings. The van der Waals surface area contributed by atoms with E-state index >= 15 is 0 Å². The predicted octanol–water partition coefficient (Wildman–Crippen LogP) is 5.54. The van der Waals surface area contributed by atoms with Crippen LogP contribution in [0.1, 0.15) is 11.1 Å². The topological polar surface area (TPSA) is 15.6 Å².